The van der Waals surface area contributed by atoms with Crippen LogP contribution in [0.4, 0.5) is 0 Å². The van der Waals surface area contributed by atoms with Crippen LogP contribution >= 0.6 is 0 Å². The Kier molecular flexibility index (Phi) is 3.98. The molecule has 2 aromatic rings. The lowest BCUT2D eigenvalue weighted by molar-refractivity contribution is 0.101. The fourth-order valence-electron chi connectivity index (χ4n) is 5.90. The van der Waals surface area contributed by atoms with Crippen molar-refractivity contribution in [1.82, 2.24) is 0 Å². The van der Waals surface area contributed by atoms with Gasteiger partial charge in [0.25, 0.3) is 0 Å². The van der Waals surface area contributed by atoms with Crippen molar-refractivity contribution in [1.29, 1.82) is 0 Å². The van der Waals surface area contributed by atoms with Crippen molar-refractivity contribution in [2.24, 2.45) is 0 Å². The van der Waals surface area contributed by atoms with Gasteiger partial charge in [0.2, 0.25) is 0 Å². The number of carbonyl (C=O) groups excluding carboxylic acids is 1. The highest BCUT2D eigenvalue weighted by Crippen LogP contribution is 2.63. The maximum absolute atomic E-state index is 12.2. The zero-order valence-electron chi connectivity index (χ0n) is 18.0. The van der Waals surface area contributed by atoms with E-state index in [1.165, 1.54) is 22.3 Å². The Morgan fingerprint density at radius 3 is 2.00 bits per heavy atom. The smallest absolute Gasteiger partial charge is 0.163 e. The van der Waals surface area contributed by atoms with Crippen molar-refractivity contribution in [3.8, 4) is 11.5 Å². The lowest BCUT2D eigenvalue weighted by Gasteiger charge is -2.30. The lowest BCUT2D eigenvalue weighted by Crippen LogP contribution is -2.27. The second-order valence-electron chi connectivity index (χ2n) is 9.77. The Morgan fingerprint density at radius 2 is 1.43 bits per heavy atom. The van der Waals surface area contributed by atoms with Crippen LogP contribution in [0.5, 0.6) is 11.5 Å². The van der Waals surface area contributed by atoms with Crippen LogP contribution in [0.2, 0.25) is 0 Å². The number of methoxy groups -OCH3 is 2. The summed E-state index contributed by atoms with van der Waals surface area (Å²) in [5.41, 5.74) is 5.97. The van der Waals surface area contributed by atoms with E-state index in [2.05, 4.69) is 58.0 Å². The molecule has 148 valence electrons. The van der Waals surface area contributed by atoms with E-state index < -0.39 is 0 Å². The molecule has 0 saturated heterocycles. The lowest BCUT2D eigenvalue weighted by atomic mass is 9.72. The molecule has 0 radical (unpaired) electrons. The number of ketones is 1. The summed E-state index contributed by atoms with van der Waals surface area (Å²) in [5.74, 6) is 1.62. The summed E-state index contributed by atoms with van der Waals surface area (Å²) in [6.45, 7) is 10.9. The molecule has 1 spiro atoms. The molecule has 0 fully saturated rings. The minimum absolute atomic E-state index is 0.0213. The molecule has 3 nitrogen and oxygen atoms in total. The SMILES string of the molecule is COc1ccc2c(c1)C1(CC2(C)C)CC(C)(C)c2cc(C(C)=O)c(OC)cc21. The highest BCUT2D eigenvalue weighted by molar-refractivity contribution is 5.97. The van der Waals surface area contributed by atoms with Gasteiger partial charge in [0.1, 0.15) is 11.5 Å². The van der Waals surface area contributed by atoms with Crippen molar-refractivity contribution >= 4 is 5.78 Å². The number of fused-ring (bicyclic) bond motifs is 4. The van der Waals surface area contributed by atoms with Gasteiger partial charge in [0, 0.05) is 5.41 Å². The van der Waals surface area contributed by atoms with Crippen LogP contribution in [0.3, 0.4) is 0 Å². The van der Waals surface area contributed by atoms with Gasteiger partial charge in [-0.3, -0.25) is 4.79 Å². The number of rotatable bonds is 3. The molecule has 2 aliphatic carbocycles. The Balaban J connectivity index is 2.04. The average Bonchev–Trinajstić information content (AvgIpc) is 2.99. The second-order valence-corrected chi connectivity index (χ2v) is 9.77. The van der Waals surface area contributed by atoms with Crippen LogP contribution in [0.25, 0.3) is 0 Å². The van der Waals surface area contributed by atoms with E-state index in [0.29, 0.717) is 11.3 Å². The first-order valence-corrected chi connectivity index (χ1v) is 9.99. The Morgan fingerprint density at radius 1 is 0.821 bits per heavy atom. The number of benzene rings is 2. The van der Waals surface area contributed by atoms with Gasteiger partial charge in [0.15, 0.2) is 5.78 Å². The maximum Gasteiger partial charge on any atom is 0.163 e. The van der Waals surface area contributed by atoms with E-state index in [0.717, 1.165) is 18.6 Å². The molecular weight excluding hydrogens is 348 g/mol. The molecule has 2 aliphatic rings. The Labute approximate surface area is 168 Å². The summed E-state index contributed by atoms with van der Waals surface area (Å²) < 4.78 is 11.2. The van der Waals surface area contributed by atoms with Gasteiger partial charge in [-0.05, 0) is 77.1 Å². The monoisotopic (exact) mass is 378 g/mol. The molecule has 0 bridgehead atoms. The topological polar surface area (TPSA) is 35.5 Å². The standard InChI is InChI=1S/C25H30O3/c1-15(26)17-11-19-21(12-22(17)28-7)25(14-24(19,4)5)13-23(2,3)18-9-8-16(27-6)10-20(18)25/h8-12H,13-14H2,1-7H3. The molecule has 0 amide bonds. The summed E-state index contributed by atoms with van der Waals surface area (Å²) in [6.07, 6.45) is 2.06. The van der Waals surface area contributed by atoms with Crippen LogP contribution in [0.1, 0.15) is 80.1 Å². The average molecular weight is 379 g/mol. The summed E-state index contributed by atoms with van der Waals surface area (Å²) in [5, 5.41) is 0. The highest BCUT2D eigenvalue weighted by Gasteiger charge is 2.56. The summed E-state index contributed by atoms with van der Waals surface area (Å²) >= 11 is 0. The van der Waals surface area contributed by atoms with Gasteiger partial charge < -0.3 is 9.47 Å². The predicted molar refractivity (Wildman–Crippen MR) is 112 cm³/mol. The number of hydrogen-bond acceptors (Lipinski definition) is 3. The maximum atomic E-state index is 12.2. The molecule has 0 aromatic heterocycles. The third kappa shape index (κ3) is 2.45. The van der Waals surface area contributed by atoms with Crippen molar-refractivity contribution in [3.63, 3.8) is 0 Å². The molecule has 1 atom stereocenters. The Bertz CT molecular complexity index is 984. The van der Waals surface area contributed by atoms with E-state index >= 15 is 0 Å². The summed E-state index contributed by atoms with van der Waals surface area (Å²) in [4.78, 5) is 12.2. The number of ether oxygens (including phenoxy) is 2. The fraction of sp³-hybridized carbons (Fsp3) is 0.480. The Hall–Kier alpha value is -2.29. The minimum atomic E-state index is -0.0885. The number of hydrogen-bond donors (Lipinski definition) is 0. The molecule has 0 N–H and O–H groups in total. The summed E-state index contributed by atoms with van der Waals surface area (Å²) in [7, 11) is 3.37. The number of carbonyl (C=O) groups is 1. The molecule has 4 rings (SSSR count). The molecular formula is C25H30O3. The van der Waals surface area contributed by atoms with E-state index in [1.807, 2.05) is 0 Å². The van der Waals surface area contributed by atoms with E-state index in [1.54, 1.807) is 21.1 Å². The quantitative estimate of drug-likeness (QED) is 0.657. The van der Waals surface area contributed by atoms with Gasteiger partial charge >= 0.3 is 0 Å². The minimum Gasteiger partial charge on any atom is -0.497 e. The first-order chi connectivity index (χ1) is 13.1. The molecule has 3 heteroatoms. The van der Waals surface area contributed by atoms with Gasteiger partial charge in [-0.25, -0.2) is 0 Å². The van der Waals surface area contributed by atoms with E-state index in [-0.39, 0.29) is 22.0 Å². The normalized spacial score (nSPS) is 23.4. The van der Waals surface area contributed by atoms with Crippen molar-refractivity contribution < 1.29 is 14.3 Å². The van der Waals surface area contributed by atoms with Crippen LogP contribution in [0, 0.1) is 0 Å². The van der Waals surface area contributed by atoms with Gasteiger partial charge in [0.05, 0.1) is 19.8 Å². The molecule has 28 heavy (non-hydrogen) atoms. The van der Waals surface area contributed by atoms with Gasteiger partial charge in [-0.2, -0.15) is 0 Å². The predicted octanol–water partition coefficient (Wildman–Crippen LogP) is 5.56. The van der Waals surface area contributed by atoms with Crippen molar-refractivity contribution in [3.05, 3.63) is 58.1 Å². The molecule has 0 saturated carbocycles. The molecule has 0 aliphatic heterocycles. The largest absolute Gasteiger partial charge is 0.497 e. The second kappa shape index (κ2) is 5.85. The van der Waals surface area contributed by atoms with Gasteiger partial charge in [-0.1, -0.05) is 33.8 Å². The van der Waals surface area contributed by atoms with Crippen molar-refractivity contribution in [2.45, 2.75) is 63.7 Å². The fourth-order valence-corrected chi connectivity index (χ4v) is 5.90. The zero-order chi connectivity index (χ0) is 20.5. The summed E-state index contributed by atoms with van der Waals surface area (Å²) in [6, 6.07) is 10.7. The van der Waals surface area contributed by atoms with Gasteiger partial charge in [-0.15, -0.1) is 0 Å². The van der Waals surface area contributed by atoms with E-state index in [4.69, 9.17) is 9.47 Å². The molecule has 1 unspecified atom stereocenters. The highest BCUT2D eigenvalue weighted by atomic mass is 16.5. The van der Waals surface area contributed by atoms with Crippen molar-refractivity contribution in [2.75, 3.05) is 14.2 Å². The van der Waals surface area contributed by atoms with Crippen LogP contribution < -0.4 is 9.47 Å². The van der Waals surface area contributed by atoms with Crippen LogP contribution in [0.15, 0.2) is 30.3 Å². The first kappa shape index (κ1) is 19.0. The number of Topliss-reactive ketones (excluding diaryl/α,β-unsaturated/α-hetero) is 1. The molecule has 2 aromatic carbocycles. The third-order valence-electron chi connectivity index (χ3n) is 6.92. The van der Waals surface area contributed by atoms with Crippen LogP contribution in [-0.2, 0) is 16.2 Å². The van der Waals surface area contributed by atoms with Crippen LogP contribution in [-0.4, -0.2) is 20.0 Å². The third-order valence-corrected chi connectivity index (χ3v) is 6.92. The molecule has 0 heterocycles. The zero-order valence-corrected chi connectivity index (χ0v) is 18.0. The first-order valence-electron chi connectivity index (χ1n) is 9.99. The van der Waals surface area contributed by atoms with E-state index in [9.17, 15) is 4.79 Å².